The van der Waals surface area contributed by atoms with E-state index in [0.29, 0.717) is 50.6 Å². The van der Waals surface area contributed by atoms with E-state index in [4.69, 9.17) is 0 Å². The SMILES string of the molecule is O=C(NCc1ccnc(F)c1)c1cc(C(=O)NCC23CCC(C(=O)O)(CC2)CC3)n2ncc(F)c2n1. The number of fused-ring (bicyclic) bond motifs is 4. The fourth-order valence-corrected chi connectivity index (χ4v) is 5.25. The summed E-state index contributed by atoms with van der Waals surface area (Å²) in [5, 5.41) is 18.9. The number of halogens is 2. The van der Waals surface area contributed by atoms with Gasteiger partial charge in [0.25, 0.3) is 11.8 Å². The minimum atomic E-state index is -0.793. The van der Waals surface area contributed by atoms with Gasteiger partial charge in [-0.05, 0) is 61.6 Å². The van der Waals surface area contributed by atoms with Crippen molar-refractivity contribution in [3.8, 4) is 0 Å². The van der Waals surface area contributed by atoms with Crippen LogP contribution in [0, 0.1) is 22.6 Å². The highest BCUT2D eigenvalue weighted by atomic mass is 19.1. The summed E-state index contributed by atoms with van der Waals surface area (Å²) < 4.78 is 28.7. The number of carboxylic acid groups (broad SMARTS) is 1. The molecule has 2 bridgehead atoms. The van der Waals surface area contributed by atoms with E-state index in [2.05, 4.69) is 25.7 Å². The van der Waals surface area contributed by atoms with Crippen LogP contribution in [0.15, 0.2) is 30.6 Å². The maximum absolute atomic E-state index is 14.3. The Bertz CT molecular complexity index is 1350. The van der Waals surface area contributed by atoms with Gasteiger partial charge in [0.15, 0.2) is 11.5 Å². The highest BCUT2D eigenvalue weighted by Gasteiger charge is 2.52. The summed E-state index contributed by atoms with van der Waals surface area (Å²) >= 11 is 0. The molecule has 3 fully saturated rings. The first-order valence-electron chi connectivity index (χ1n) is 11.6. The number of rotatable bonds is 7. The van der Waals surface area contributed by atoms with Gasteiger partial charge in [0.1, 0.15) is 11.4 Å². The molecule has 3 aromatic rings. The molecule has 0 aliphatic heterocycles. The third-order valence-corrected chi connectivity index (χ3v) is 7.62. The predicted octanol–water partition coefficient (Wildman–Crippen LogP) is 2.49. The molecule has 6 rings (SSSR count). The number of aromatic nitrogens is 4. The lowest BCUT2D eigenvalue weighted by molar-refractivity contribution is -0.158. The van der Waals surface area contributed by atoms with E-state index in [-0.39, 0.29) is 29.0 Å². The minimum absolute atomic E-state index is 0.0191. The number of hydrogen-bond acceptors (Lipinski definition) is 6. The fourth-order valence-electron chi connectivity index (χ4n) is 5.25. The number of carbonyl (C=O) groups excluding carboxylic acids is 2. The molecule has 10 nitrogen and oxygen atoms in total. The molecule has 0 aromatic carbocycles. The number of hydrogen-bond donors (Lipinski definition) is 3. The Labute approximate surface area is 204 Å². The quantitative estimate of drug-likeness (QED) is 0.426. The summed E-state index contributed by atoms with van der Waals surface area (Å²) in [5.41, 5.74) is -0.902. The zero-order valence-electron chi connectivity index (χ0n) is 19.3. The maximum Gasteiger partial charge on any atom is 0.309 e. The number of carbonyl (C=O) groups is 3. The number of carboxylic acids is 1. The summed E-state index contributed by atoms with van der Waals surface area (Å²) in [5.74, 6) is -3.46. The van der Waals surface area contributed by atoms with Crippen LogP contribution in [-0.2, 0) is 11.3 Å². The van der Waals surface area contributed by atoms with Crippen LogP contribution in [-0.4, -0.2) is 49.0 Å². The van der Waals surface area contributed by atoms with Crippen molar-refractivity contribution in [1.82, 2.24) is 30.2 Å². The van der Waals surface area contributed by atoms with Crippen molar-refractivity contribution < 1.29 is 28.3 Å². The first kappa shape index (κ1) is 23.8. The van der Waals surface area contributed by atoms with Gasteiger partial charge in [0.05, 0.1) is 11.6 Å². The van der Waals surface area contributed by atoms with Crippen LogP contribution >= 0.6 is 0 Å². The molecule has 0 unspecified atom stereocenters. The van der Waals surface area contributed by atoms with Crippen LogP contribution < -0.4 is 10.6 Å². The molecule has 3 aliphatic rings. The Balaban J connectivity index is 1.32. The van der Waals surface area contributed by atoms with E-state index in [0.717, 1.165) is 10.7 Å². The lowest BCUT2D eigenvalue weighted by Crippen LogP contribution is -2.50. The lowest BCUT2D eigenvalue weighted by atomic mass is 9.53. The molecule has 0 saturated heterocycles. The van der Waals surface area contributed by atoms with Crippen molar-refractivity contribution in [2.75, 3.05) is 6.54 Å². The molecule has 0 spiro atoms. The van der Waals surface area contributed by atoms with Crippen LogP contribution in [0.5, 0.6) is 0 Å². The maximum atomic E-state index is 14.3. The van der Waals surface area contributed by atoms with Gasteiger partial charge in [-0.1, -0.05) is 0 Å². The van der Waals surface area contributed by atoms with Crippen molar-refractivity contribution in [2.24, 2.45) is 10.8 Å². The average molecular weight is 498 g/mol. The van der Waals surface area contributed by atoms with Gasteiger partial charge >= 0.3 is 5.97 Å². The van der Waals surface area contributed by atoms with Gasteiger partial charge in [0.2, 0.25) is 5.95 Å². The van der Waals surface area contributed by atoms with Crippen LogP contribution in [0.4, 0.5) is 8.78 Å². The smallest absolute Gasteiger partial charge is 0.309 e. The molecule has 2 amide bonds. The Morgan fingerprint density at radius 1 is 1.03 bits per heavy atom. The standard InChI is InChI=1S/C24H24F2N6O4/c25-15-12-30-32-17(21(34)29-13-23-2-5-24(6-3-23,7-4-23)22(35)36)10-16(31-19(15)32)20(33)28-11-14-1-8-27-18(26)9-14/h1,8-10,12H,2-7,11,13H2,(H,28,33)(H,29,34)(H,35,36). The fraction of sp³-hybridized carbons (Fsp3) is 0.417. The molecule has 3 N–H and O–H groups in total. The Morgan fingerprint density at radius 2 is 1.75 bits per heavy atom. The van der Waals surface area contributed by atoms with Crippen LogP contribution in [0.2, 0.25) is 0 Å². The second-order valence-corrected chi connectivity index (χ2v) is 9.69. The third kappa shape index (κ3) is 4.27. The van der Waals surface area contributed by atoms with E-state index in [1.54, 1.807) is 0 Å². The topological polar surface area (TPSA) is 139 Å². The Kier molecular flexibility index (Phi) is 5.89. The van der Waals surface area contributed by atoms with Crippen molar-refractivity contribution in [3.05, 3.63) is 59.3 Å². The minimum Gasteiger partial charge on any atom is -0.481 e. The molecule has 36 heavy (non-hydrogen) atoms. The summed E-state index contributed by atoms with van der Waals surface area (Å²) in [7, 11) is 0. The first-order valence-corrected chi connectivity index (χ1v) is 11.6. The first-order chi connectivity index (χ1) is 17.2. The van der Waals surface area contributed by atoms with Crippen molar-refractivity contribution >= 4 is 23.4 Å². The molecular formula is C24H24F2N6O4. The molecule has 12 heteroatoms. The van der Waals surface area contributed by atoms with Gasteiger partial charge < -0.3 is 15.7 Å². The number of nitrogens with zero attached hydrogens (tertiary/aromatic N) is 4. The van der Waals surface area contributed by atoms with E-state index < -0.39 is 35.0 Å². The van der Waals surface area contributed by atoms with Crippen LogP contribution in [0.25, 0.3) is 5.65 Å². The lowest BCUT2D eigenvalue weighted by Gasteiger charge is -2.51. The number of pyridine rings is 1. The average Bonchev–Trinajstić information content (AvgIpc) is 3.27. The van der Waals surface area contributed by atoms with E-state index in [1.807, 2.05) is 0 Å². The molecule has 3 saturated carbocycles. The molecule has 188 valence electrons. The molecular weight excluding hydrogens is 474 g/mol. The Morgan fingerprint density at radius 3 is 2.42 bits per heavy atom. The third-order valence-electron chi connectivity index (χ3n) is 7.62. The van der Waals surface area contributed by atoms with E-state index >= 15 is 0 Å². The Hall–Kier alpha value is -3.96. The summed E-state index contributed by atoms with van der Waals surface area (Å²) in [6.07, 6.45) is 6.01. The highest BCUT2D eigenvalue weighted by molar-refractivity contribution is 5.98. The zero-order chi connectivity index (χ0) is 25.5. The molecule has 3 aliphatic carbocycles. The second-order valence-electron chi connectivity index (χ2n) is 9.69. The van der Waals surface area contributed by atoms with Gasteiger partial charge in [0, 0.05) is 25.4 Å². The van der Waals surface area contributed by atoms with Gasteiger partial charge in [-0.25, -0.2) is 18.9 Å². The number of nitrogens with one attached hydrogen (secondary N) is 2. The number of amides is 2. The summed E-state index contributed by atoms with van der Waals surface area (Å²) in [6.45, 7) is 0.318. The largest absolute Gasteiger partial charge is 0.481 e. The monoisotopic (exact) mass is 498 g/mol. The number of aliphatic carboxylic acids is 1. The summed E-state index contributed by atoms with van der Waals surface area (Å²) in [6, 6.07) is 3.93. The van der Waals surface area contributed by atoms with Crippen LogP contribution in [0.3, 0.4) is 0 Å². The van der Waals surface area contributed by atoms with Gasteiger partial charge in [-0.15, -0.1) is 0 Å². The van der Waals surface area contributed by atoms with E-state index in [9.17, 15) is 28.3 Å². The molecule has 3 heterocycles. The summed E-state index contributed by atoms with van der Waals surface area (Å²) in [4.78, 5) is 45.0. The van der Waals surface area contributed by atoms with Gasteiger partial charge in [-0.3, -0.25) is 14.4 Å². The van der Waals surface area contributed by atoms with E-state index in [1.165, 1.54) is 24.4 Å². The van der Waals surface area contributed by atoms with Crippen molar-refractivity contribution in [2.45, 2.75) is 45.1 Å². The normalized spacial score (nSPS) is 22.9. The molecule has 0 atom stereocenters. The molecule has 0 radical (unpaired) electrons. The second kappa shape index (κ2) is 8.92. The van der Waals surface area contributed by atoms with Crippen molar-refractivity contribution in [3.63, 3.8) is 0 Å². The zero-order valence-corrected chi connectivity index (χ0v) is 19.3. The highest BCUT2D eigenvalue weighted by Crippen LogP contribution is 2.56. The van der Waals surface area contributed by atoms with Crippen LogP contribution in [0.1, 0.15) is 65.1 Å². The molecule has 3 aromatic heterocycles. The van der Waals surface area contributed by atoms with Gasteiger partial charge in [-0.2, -0.15) is 9.49 Å². The predicted molar refractivity (Wildman–Crippen MR) is 121 cm³/mol. The van der Waals surface area contributed by atoms with Crippen molar-refractivity contribution in [1.29, 1.82) is 0 Å².